The number of thioether (sulfide) groups is 1. The van der Waals surface area contributed by atoms with Crippen molar-refractivity contribution in [1.82, 2.24) is 15.5 Å². The van der Waals surface area contributed by atoms with E-state index in [2.05, 4.69) is 17.6 Å². The van der Waals surface area contributed by atoms with Crippen LogP contribution in [-0.4, -0.2) is 64.2 Å². The fourth-order valence-electron chi connectivity index (χ4n) is 3.79. The van der Waals surface area contributed by atoms with Crippen molar-refractivity contribution in [3.8, 4) is 5.75 Å². The molecule has 0 aliphatic rings. The number of hydrogen-bond acceptors (Lipinski definition) is 6. The lowest BCUT2D eigenvalue weighted by atomic mass is 10.0. The van der Waals surface area contributed by atoms with Crippen LogP contribution in [0.25, 0.3) is 0 Å². The molecule has 0 fully saturated rings. The van der Waals surface area contributed by atoms with Gasteiger partial charge in [0.1, 0.15) is 23.4 Å². The largest absolute Gasteiger partial charge is 0.508 e. The van der Waals surface area contributed by atoms with E-state index in [1.165, 1.54) is 12.1 Å². The van der Waals surface area contributed by atoms with Crippen molar-refractivity contribution in [1.29, 1.82) is 0 Å². The molecular weight excluding hydrogens is 478 g/mol. The Kier molecular flexibility index (Phi) is 13.7. The van der Waals surface area contributed by atoms with Crippen LogP contribution in [0.5, 0.6) is 5.75 Å². The minimum atomic E-state index is -0.902. The van der Waals surface area contributed by atoms with Crippen molar-refractivity contribution < 1.29 is 24.2 Å². The number of nitrogens with zero attached hydrogens (tertiary/aromatic N) is 1. The molecular formula is C27H45N3O5S. The first-order valence-electron chi connectivity index (χ1n) is 12.8. The van der Waals surface area contributed by atoms with Gasteiger partial charge in [-0.2, -0.15) is 11.8 Å². The summed E-state index contributed by atoms with van der Waals surface area (Å²) in [5.41, 5.74) is -0.109. The minimum absolute atomic E-state index is 0.0579. The maximum Gasteiger partial charge on any atom is 0.408 e. The number of phenols is 1. The standard InChI is InChI=1S/C27H45N3O5S/c1-8-10-17-30(25(33)22(16-18-36-7)29-26(34)35-27(4,5)6)23(20-12-14-21(31)15-13-20)24(32)28-19(3)11-9-2/h12-15,19,22-23,31H,8-11,16-18H2,1-7H3,(H,28,32)(H,29,34). The van der Waals surface area contributed by atoms with Crippen molar-refractivity contribution in [3.05, 3.63) is 29.8 Å². The van der Waals surface area contributed by atoms with Gasteiger partial charge in [-0.05, 0) is 76.7 Å². The number of carbonyl (C=O) groups excluding carboxylic acids is 3. The van der Waals surface area contributed by atoms with Crippen molar-refractivity contribution in [2.45, 2.75) is 97.4 Å². The number of hydrogen-bond donors (Lipinski definition) is 3. The molecule has 0 spiro atoms. The highest BCUT2D eigenvalue weighted by molar-refractivity contribution is 7.98. The molecule has 3 N–H and O–H groups in total. The van der Waals surface area contributed by atoms with E-state index < -0.39 is 23.8 Å². The fraction of sp³-hybridized carbons (Fsp3) is 0.667. The number of carbonyl (C=O) groups is 3. The number of benzene rings is 1. The number of rotatable bonds is 14. The second kappa shape index (κ2) is 15.6. The zero-order valence-electron chi connectivity index (χ0n) is 22.9. The Balaban J connectivity index is 3.42. The molecule has 1 aromatic rings. The van der Waals surface area contributed by atoms with E-state index in [1.54, 1.807) is 49.6 Å². The predicted octanol–water partition coefficient (Wildman–Crippen LogP) is 5.01. The van der Waals surface area contributed by atoms with Gasteiger partial charge in [-0.1, -0.05) is 38.8 Å². The highest BCUT2D eigenvalue weighted by Crippen LogP contribution is 2.26. The maximum atomic E-state index is 14.0. The molecule has 0 heterocycles. The van der Waals surface area contributed by atoms with Crippen LogP contribution in [0.2, 0.25) is 0 Å². The Morgan fingerprint density at radius 1 is 1.06 bits per heavy atom. The minimum Gasteiger partial charge on any atom is -0.508 e. The molecule has 204 valence electrons. The summed E-state index contributed by atoms with van der Waals surface area (Å²) in [6.07, 6.45) is 4.92. The first-order valence-corrected chi connectivity index (χ1v) is 14.2. The molecule has 0 aliphatic heterocycles. The number of phenolic OH excluding ortho intramolecular Hbond substituents is 1. The van der Waals surface area contributed by atoms with Gasteiger partial charge in [0.15, 0.2) is 0 Å². The van der Waals surface area contributed by atoms with Crippen LogP contribution < -0.4 is 10.6 Å². The van der Waals surface area contributed by atoms with E-state index >= 15 is 0 Å². The lowest BCUT2D eigenvalue weighted by molar-refractivity contribution is -0.142. The lowest BCUT2D eigenvalue weighted by Crippen LogP contribution is -2.54. The quantitative estimate of drug-likeness (QED) is 0.316. The van der Waals surface area contributed by atoms with Gasteiger partial charge < -0.3 is 25.4 Å². The Morgan fingerprint density at radius 2 is 1.69 bits per heavy atom. The van der Waals surface area contributed by atoms with Gasteiger partial charge in [-0.25, -0.2) is 4.79 Å². The second-order valence-electron chi connectivity index (χ2n) is 10.1. The predicted molar refractivity (Wildman–Crippen MR) is 146 cm³/mol. The fourth-order valence-corrected chi connectivity index (χ4v) is 4.27. The maximum absolute atomic E-state index is 14.0. The number of alkyl carbamates (subject to hydrolysis) is 1. The van der Waals surface area contributed by atoms with Crippen molar-refractivity contribution in [2.75, 3.05) is 18.6 Å². The van der Waals surface area contributed by atoms with Crippen LogP contribution in [0.15, 0.2) is 24.3 Å². The number of amides is 3. The van der Waals surface area contributed by atoms with Crippen LogP contribution in [0.3, 0.4) is 0 Å². The molecule has 1 rings (SSSR count). The van der Waals surface area contributed by atoms with Gasteiger partial charge in [0.2, 0.25) is 11.8 Å². The van der Waals surface area contributed by atoms with Crippen LogP contribution in [0, 0.1) is 0 Å². The van der Waals surface area contributed by atoms with E-state index in [0.717, 1.165) is 19.3 Å². The van der Waals surface area contributed by atoms with Crippen LogP contribution in [0.4, 0.5) is 4.79 Å². The molecule has 3 unspecified atom stereocenters. The molecule has 9 heteroatoms. The summed E-state index contributed by atoms with van der Waals surface area (Å²) < 4.78 is 5.41. The van der Waals surface area contributed by atoms with Crippen molar-refractivity contribution in [2.24, 2.45) is 0 Å². The Labute approximate surface area is 220 Å². The summed E-state index contributed by atoms with van der Waals surface area (Å²) in [7, 11) is 0. The van der Waals surface area contributed by atoms with E-state index in [0.29, 0.717) is 30.7 Å². The third kappa shape index (κ3) is 11.1. The monoisotopic (exact) mass is 523 g/mol. The van der Waals surface area contributed by atoms with Gasteiger partial charge in [0, 0.05) is 12.6 Å². The smallest absolute Gasteiger partial charge is 0.408 e. The first kappa shape index (κ1) is 31.6. The number of aromatic hydroxyl groups is 1. The van der Waals surface area contributed by atoms with Crippen LogP contribution in [-0.2, 0) is 14.3 Å². The summed E-state index contributed by atoms with van der Waals surface area (Å²) in [6.45, 7) is 11.7. The normalized spacial score (nSPS) is 13.9. The van der Waals surface area contributed by atoms with Crippen LogP contribution in [0.1, 0.15) is 85.3 Å². The van der Waals surface area contributed by atoms with Gasteiger partial charge in [-0.15, -0.1) is 0 Å². The van der Waals surface area contributed by atoms with Crippen molar-refractivity contribution in [3.63, 3.8) is 0 Å². The summed E-state index contributed by atoms with van der Waals surface area (Å²) in [4.78, 5) is 41.7. The zero-order chi connectivity index (χ0) is 27.3. The lowest BCUT2D eigenvalue weighted by Gasteiger charge is -2.35. The highest BCUT2D eigenvalue weighted by Gasteiger charge is 2.36. The Bertz CT molecular complexity index is 826. The molecule has 3 atom stereocenters. The zero-order valence-corrected chi connectivity index (χ0v) is 23.7. The Morgan fingerprint density at radius 3 is 2.22 bits per heavy atom. The van der Waals surface area contributed by atoms with Gasteiger partial charge in [-0.3, -0.25) is 9.59 Å². The number of ether oxygens (including phenoxy) is 1. The van der Waals surface area contributed by atoms with E-state index in [4.69, 9.17) is 4.74 Å². The number of nitrogens with one attached hydrogen (secondary N) is 2. The first-order chi connectivity index (χ1) is 16.9. The molecule has 0 aliphatic carbocycles. The van der Waals surface area contributed by atoms with E-state index in [9.17, 15) is 19.5 Å². The van der Waals surface area contributed by atoms with Crippen molar-refractivity contribution >= 4 is 29.7 Å². The molecule has 0 radical (unpaired) electrons. The SMILES string of the molecule is CCCCN(C(=O)C(CCSC)NC(=O)OC(C)(C)C)C(C(=O)NC(C)CCC)c1ccc(O)cc1. The van der Waals surface area contributed by atoms with Gasteiger partial charge >= 0.3 is 6.09 Å². The average Bonchev–Trinajstić information content (AvgIpc) is 2.78. The summed E-state index contributed by atoms with van der Waals surface area (Å²) in [6, 6.07) is 4.54. The molecule has 0 saturated heterocycles. The van der Waals surface area contributed by atoms with E-state index in [-0.39, 0.29) is 23.6 Å². The molecule has 36 heavy (non-hydrogen) atoms. The van der Waals surface area contributed by atoms with Crippen LogP contribution >= 0.6 is 11.8 Å². The average molecular weight is 524 g/mol. The summed E-state index contributed by atoms with van der Waals surface area (Å²) >= 11 is 1.57. The number of unbranched alkanes of at least 4 members (excludes halogenated alkanes) is 1. The molecule has 0 saturated carbocycles. The third-order valence-corrected chi connectivity index (χ3v) is 6.16. The third-order valence-electron chi connectivity index (χ3n) is 5.51. The topological polar surface area (TPSA) is 108 Å². The Hall–Kier alpha value is -2.42. The highest BCUT2D eigenvalue weighted by atomic mass is 32.2. The molecule has 1 aromatic carbocycles. The summed E-state index contributed by atoms with van der Waals surface area (Å²) in [5, 5.41) is 15.6. The second-order valence-corrected chi connectivity index (χ2v) is 11.0. The molecule has 0 aromatic heterocycles. The van der Waals surface area contributed by atoms with Gasteiger partial charge in [0.25, 0.3) is 0 Å². The summed E-state index contributed by atoms with van der Waals surface area (Å²) in [5.74, 6) is 0.108. The van der Waals surface area contributed by atoms with Gasteiger partial charge in [0.05, 0.1) is 0 Å². The molecule has 3 amide bonds. The molecule has 8 nitrogen and oxygen atoms in total. The van der Waals surface area contributed by atoms with E-state index in [1.807, 2.05) is 20.1 Å². The molecule has 0 bridgehead atoms.